The summed E-state index contributed by atoms with van der Waals surface area (Å²) in [6.07, 6.45) is 7.86. The molecule has 0 aliphatic heterocycles. The van der Waals surface area contributed by atoms with Gasteiger partial charge in [-0.3, -0.25) is 4.79 Å². The smallest absolute Gasteiger partial charge is 0.354 e. The van der Waals surface area contributed by atoms with Crippen LogP contribution in [0.3, 0.4) is 0 Å². The van der Waals surface area contributed by atoms with E-state index < -0.39 is 5.97 Å². The fourth-order valence-corrected chi connectivity index (χ4v) is 2.18. The second-order valence-electron chi connectivity index (χ2n) is 4.40. The predicted molar refractivity (Wildman–Crippen MR) is 80.4 cm³/mol. The minimum Gasteiger partial charge on any atom is -0.477 e. The Kier molecular flexibility index (Phi) is 7.72. The number of pyridine rings is 1. The Bertz CT molecular complexity index is 435. The molecule has 0 aromatic carbocycles. The second-order valence-corrected chi connectivity index (χ2v) is 5.39. The maximum Gasteiger partial charge on any atom is 0.354 e. The fraction of sp³-hybridized carbons (Fsp3) is 0.500. The number of hydrogen-bond donors (Lipinski definition) is 2. The van der Waals surface area contributed by atoms with Crippen molar-refractivity contribution in [1.29, 1.82) is 0 Å². The molecule has 20 heavy (non-hydrogen) atoms. The molecule has 1 rings (SSSR count). The lowest BCUT2D eigenvalue weighted by atomic mass is 10.2. The zero-order chi connectivity index (χ0) is 14.8. The van der Waals surface area contributed by atoms with Crippen LogP contribution in [-0.2, 0) is 0 Å². The minimum atomic E-state index is -1.10. The van der Waals surface area contributed by atoms with E-state index in [1.165, 1.54) is 36.9 Å². The largest absolute Gasteiger partial charge is 0.477 e. The molecule has 2 N–H and O–H groups in total. The standard InChI is InChI=1S/C14H20N2O3S/c1-20-9-5-3-2-4-8-15-13(17)11-6-7-12(14(18)19)16-10-11/h6-7,10H,2-5,8-9H2,1H3,(H,15,17)(H,18,19). The summed E-state index contributed by atoms with van der Waals surface area (Å²) in [4.78, 5) is 26.1. The number of aromatic carboxylic acids is 1. The van der Waals surface area contributed by atoms with Gasteiger partial charge in [-0.15, -0.1) is 0 Å². The Morgan fingerprint density at radius 2 is 2.00 bits per heavy atom. The summed E-state index contributed by atoms with van der Waals surface area (Å²) in [6, 6.07) is 2.81. The zero-order valence-electron chi connectivity index (χ0n) is 11.6. The van der Waals surface area contributed by atoms with Gasteiger partial charge in [0.2, 0.25) is 0 Å². The lowest BCUT2D eigenvalue weighted by Gasteiger charge is -2.05. The van der Waals surface area contributed by atoms with Gasteiger partial charge in [-0.25, -0.2) is 9.78 Å². The second kappa shape index (κ2) is 9.36. The van der Waals surface area contributed by atoms with Crippen molar-refractivity contribution in [2.75, 3.05) is 18.6 Å². The number of unbranched alkanes of at least 4 members (excludes halogenated alkanes) is 3. The minimum absolute atomic E-state index is 0.0599. The first-order valence-electron chi connectivity index (χ1n) is 6.61. The predicted octanol–water partition coefficient (Wildman–Crippen LogP) is 2.43. The van der Waals surface area contributed by atoms with Crippen LogP contribution in [0.1, 0.15) is 46.5 Å². The van der Waals surface area contributed by atoms with Gasteiger partial charge in [0.05, 0.1) is 5.56 Å². The third-order valence-corrected chi connectivity index (χ3v) is 3.50. The Morgan fingerprint density at radius 3 is 2.60 bits per heavy atom. The van der Waals surface area contributed by atoms with Crippen molar-refractivity contribution in [1.82, 2.24) is 10.3 Å². The summed E-state index contributed by atoms with van der Waals surface area (Å²) in [5, 5.41) is 11.5. The highest BCUT2D eigenvalue weighted by molar-refractivity contribution is 7.98. The van der Waals surface area contributed by atoms with Crippen molar-refractivity contribution in [2.24, 2.45) is 0 Å². The molecule has 0 fully saturated rings. The van der Waals surface area contributed by atoms with Crippen LogP contribution in [0.25, 0.3) is 0 Å². The number of nitrogens with one attached hydrogen (secondary N) is 1. The third kappa shape index (κ3) is 6.06. The monoisotopic (exact) mass is 296 g/mol. The average Bonchev–Trinajstić information content (AvgIpc) is 2.46. The summed E-state index contributed by atoms with van der Waals surface area (Å²) in [5.74, 6) is -0.116. The Balaban J connectivity index is 2.24. The summed E-state index contributed by atoms with van der Waals surface area (Å²) in [6.45, 7) is 0.638. The van der Waals surface area contributed by atoms with Crippen molar-refractivity contribution >= 4 is 23.6 Å². The molecule has 0 unspecified atom stereocenters. The molecule has 0 aliphatic rings. The molecule has 0 radical (unpaired) electrons. The first kappa shape index (κ1) is 16.5. The molecule has 0 bridgehead atoms. The van der Waals surface area contributed by atoms with Crippen LogP contribution < -0.4 is 5.32 Å². The number of carbonyl (C=O) groups is 2. The van der Waals surface area contributed by atoms with Crippen molar-refractivity contribution in [2.45, 2.75) is 25.7 Å². The van der Waals surface area contributed by atoms with E-state index in [2.05, 4.69) is 16.6 Å². The van der Waals surface area contributed by atoms with Crippen LogP contribution in [0.5, 0.6) is 0 Å². The number of carboxylic acids is 1. The van der Waals surface area contributed by atoms with Crippen LogP contribution in [0.4, 0.5) is 0 Å². The molecule has 0 saturated heterocycles. The number of hydrogen-bond acceptors (Lipinski definition) is 4. The van der Waals surface area contributed by atoms with Gasteiger partial charge < -0.3 is 10.4 Å². The number of thioether (sulfide) groups is 1. The summed E-state index contributed by atoms with van der Waals surface area (Å²) < 4.78 is 0. The molecule has 1 heterocycles. The molecular formula is C14H20N2O3S. The zero-order valence-corrected chi connectivity index (χ0v) is 12.4. The Hall–Kier alpha value is -1.56. The van der Waals surface area contributed by atoms with Gasteiger partial charge in [0.15, 0.2) is 0 Å². The number of aromatic nitrogens is 1. The lowest BCUT2D eigenvalue weighted by molar-refractivity contribution is 0.0689. The maximum absolute atomic E-state index is 11.8. The molecule has 5 nitrogen and oxygen atoms in total. The highest BCUT2D eigenvalue weighted by Crippen LogP contribution is 2.04. The van der Waals surface area contributed by atoms with Crippen LogP contribution in [0, 0.1) is 0 Å². The van der Waals surface area contributed by atoms with E-state index in [0.29, 0.717) is 12.1 Å². The van der Waals surface area contributed by atoms with E-state index in [1.807, 2.05) is 11.8 Å². The topological polar surface area (TPSA) is 79.3 Å². The van der Waals surface area contributed by atoms with E-state index in [1.54, 1.807) is 0 Å². The van der Waals surface area contributed by atoms with Crippen molar-refractivity contribution in [3.63, 3.8) is 0 Å². The van der Waals surface area contributed by atoms with Crippen LogP contribution in [0.15, 0.2) is 18.3 Å². The maximum atomic E-state index is 11.8. The molecule has 0 saturated carbocycles. The molecule has 110 valence electrons. The number of rotatable bonds is 9. The Morgan fingerprint density at radius 1 is 1.25 bits per heavy atom. The fourth-order valence-electron chi connectivity index (χ4n) is 1.68. The highest BCUT2D eigenvalue weighted by atomic mass is 32.2. The average molecular weight is 296 g/mol. The molecule has 0 aliphatic carbocycles. The summed E-state index contributed by atoms with van der Waals surface area (Å²) in [5.41, 5.74) is 0.327. The quantitative estimate of drug-likeness (QED) is 0.684. The molecule has 6 heteroatoms. The van der Waals surface area contributed by atoms with Gasteiger partial charge in [0.1, 0.15) is 5.69 Å². The van der Waals surface area contributed by atoms with Crippen molar-refractivity contribution in [3.8, 4) is 0 Å². The Labute approximate surface area is 123 Å². The van der Waals surface area contributed by atoms with E-state index >= 15 is 0 Å². The molecule has 1 amide bonds. The molecular weight excluding hydrogens is 276 g/mol. The van der Waals surface area contributed by atoms with E-state index in [4.69, 9.17) is 5.11 Å². The highest BCUT2D eigenvalue weighted by Gasteiger charge is 2.08. The van der Waals surface area contributed by atoms with Crippen molar-refractivity contribution < 1.29 is 14.7 Å². The molecule has 0 atom stereocenters. The first-order valence-corrected chi connectivity index (χ1v) is 8.01. The van der Waals surface area contributed by atoms with Gasteiger partial charge in [-0.1, -0.05) is 12.8 Å². The molecule has 1 aromatic heterocycles. The number of nitrogens with zero attached hydrogens (tertiary/aromatic N) is 1. The van der Waals surface area contributed by atoms with Crippen LogP contribution in [0.2, 0.25) is 0 Å². The number of amides is 1. The van der Waals surface area contributed by atoms with E-state index in [9.17, 15) is 9.59 Å². The normalized spacial score (nSPS) is 10.2. The first-order chi connectivity index (χ1) is 9.65. The summed E-state index contributed by atoms with van der Waals surface area (Å²) >= 11 is 1.85. The van der Waals surface area contributed by atoms with E-state index in [-0.39, 0.29) is 11.6 Å². The molecule has 0 spiro atoms. The number of carboxylic acid groups (broad SMARTS) is 1. The van der Waals surface area contributed by atoms with E-state index in [0.717, 1.165) is 12.8 Å². The number of carbonyl (C=O) groups excluding carboxylic acids is 1. The van der Waals surface area contributed by atoms with Gasteiger partial charge in [-0.2, -0.15) is 11.8 Å². The third-order valence-electron chi connectivity index (χ3n) is 2.81. The van der Waals surface area contributed by atoms with Gasteiger partial charge in [0, 0.05) is 12.7 Å². The van der Waals surface area contributed by atoms with Gasteiger partial charge in [0.25, 0.3) is 5.91 Å². The lowest BCUT2D eigenvalue weighted by Crippen LogP contribution is -2.24. The van der Waals surface area contributed by atoms with Crippen molar-refractivity contribution in [3.05, 3.63) is 29.6 Å². The van der Waals surface area contributed by atoms with Crippen LogP contribution >= 0.6 is 11.8 Å². The molecule has 1 aromatic rings. The van der Waals surface area contributed by atoms with Crippen LogP contribution in [-0.4, -0.2) is 40.5 Å². The SMILES string of the molecule is CSCCCCCCNC(=O)c1ccc(C(=O)O)nc1. The van der Waals surface area contributed by atoms with Gasteiger partial charge >= 0.3 is 5.97 Å². The summed E-state index contributed by atoms with van der Waals surface area (Å²) in [7, 11) is 0. The van der Waals surface area contributed by atoms with Gasteiger partial charge in [-0.05, 0) is 37.0 Å².